The molecule has 0 spiro atoms. The number of aromatic nitrogens is 2. The molecule has 1 aliphatic rings. The standard InChI is InChI=1S/C12H16N4O4S/c17-10(14-8-1-2-8)5-16-4-9(3-13-16)15-11(18)6-21-7-12(19)20/h3-4,8H,1-2,5-7H2,(H,14,17)(H,15,18)(H,19,20). The van der Waals surface area contributed by atoms with E-state index >= 15 is 0 Å². The first-order valence-corrected chi connectivity index (χ1v) is 7.59. The van der Waals surface area contributed by atoms with Crippen LogP contribution < -0.4 is 10.6 Å². The number of amides is 2. The fourth-order valence-electron chi connectivity index (χ4n) is 1.59. The van der Waals surface area contributed by atoms with Gasteiger partial charge in [0.2, 0.25) is 11.8 Å². The van der Waals surface area contributed by atoms with Gasteiger partial charge in [-0.1, -0.05) is 0 Å². The second-order valence-corrected chi connectivity index (χ2v) is 5.69. The van der Waals surface area contributed by atoms with Gasteiger partial charge in [0, 0.05) is 12.2 Å². The van der Waals surface area contributed by atoms with Crippen molar-refractivity contribution in [1.82, 2.24) is 15.1 Å². The Bertz CT molecular complexity index is 541. The zero-order valence-corrected chi connectivity index (χ0v) is 12.1. The quantitative estimate of drug-likeness (QED) is 0.618. The number of nitrogens with zero attached hydrogens (tertiary/aromatic N) is 2. The zero-order chi connectivity index (χ0) is 15.2. The molecule has 8 nitrogen and oxygen atoms in total. The Hall–Kier alpha value is -2.03. The molecule has 2 rings (SSSR count). The normalized spacial score (nSPS) is 13.7. The van der Waals surface area contributed by atoms with Gasteiger partial charge in [-0.25, -0.2) is 0 Å². The maximum absolute atomic E-state index is 11.6. The van der Waals surface area contributed by atoms with Crippen LogP contribution in [0.5, 0.6) is 0 Å². The van der Waals surface area contributed by atoms with Crippen LogP contribution in [0.25, 0.3) is 0 Å². The smallest absolute Gasteiger partial charge is 0.313 e. The molecule has 3 N–H and O–H groups in total. The topological polar surface area (TPSA) is 113 Å². The second-order valence-electron chi connectivity index (χ2n) is 4.70. The monoisotopic (exact) mass is 312 g/mol. The van der Waals surface area contributed by atoms with Gasteiger partial charge in [0.1, 0.15) is 6.54 Å². The van der Waals surface area contributed by atoms with Crippen LogP contribution in [0.2, 0.25) is 0 Å². The van der Waals surface area contributed by atoms with Crippen LogP contribution in [0, 0.1) is 0 Å². The molecule has 21 heavy (non-hydrogen) atoms. The number of aliphatic carboxylic acids is 1. The summed E-state index contributed by atoms with van der Waals surface area (Å²) in [4.78, 5) is 33.4. The van der Waals surface area contributed by atoms with Crippen molar-refractivity contribution in [1.29, 1.82) is 0 Å². The third kappa shape index (κ3) is 5.86. The molecular weight excluding hydrogens is 296 g/mol. The predicted molar refractivity (Wildman–Crippen MR) is 77.0 cm³/mol. The molecule has 1 aromatic rings. The van der Waals surface area contributed by atoms with Crippen molar-refractivity contribution in [2.24, 2.45) is 0 Å². The van der Waals surface area contributed by atoms with Crippen molar-refractivity contribution < 1.29 is 19.5 Å². The Morgan fingerprint density at radius 2 is 2.10 bits per heavy atom. The summed E-state index contributed by atoms with van der Waals surface area (Å²) in [5, 5.41) is 17.9. The molecule has 0 atom stereocenters. The summed E-state index contributed by atoms with van der Waals surface area (Å²) in [5.41, 5.74) is 0.482. The third-order valence-corrected chi connectivity index (χ3v) is 3.54. The largest absolute Gasteiger partial charge is 0.481 e. The average Bonchev–Trinajstić information content (AvgIpc) is 3.09. The summed E-state index contributed by atoms with van der Waals surface area (Å²) in [5.74, 6) is -1.42. The molecular formula is C12H16N4O4S. The summed E-state index contributed by atoms with van der Waals surface area (Å²) in [6.07, 6.45) is 5.07. The van der Waals surface area contributed by atoms with E-state index in [1.807, 2.05) is 0 Å². The summed E-state index contributed by atoms with van der Waals surface area (Å²) in [6.45, 7) is 0.111. The van der Waals surface area contributed by atoms with E-state index in [0.717, 1.165) is 24.6 Å². The molecule has 1 aliphatic carbocycles. The summed E-state index contributed by atoms with van der Waals surface area (Å²) >= 11 is 1.02. The highest BCUT2D eigenvalue weighted by atomic mass is 32.2. The molecule has 0 unspecified atom stereocenters. The third-order valence-electron chi connectivity index (χ3n) is 2.62. The van der Waals surface area contributed by atoms with E-state index in [1.165, 1.54) is 10.9 Å². The van der Waals surface area contributed by atoms with E-state index < -0.39 is 5.97 Å². The van der Waals surface area contributed by atoms with E-state index in [1.54, 1.807) is 6.20 Å². The molecule has 114 valence electrons. The van der Waals surface area contributed by atoms with Gasteiger partial charge in [0.25, 0.3) is 0 Å². The molecule has 0 bridgehead atoms. The maximum Gasteiger partial charge on any atom is 0.313 e. The maximum atomic E-state index is 11.6. The fourth-order valence-corrected chi connectivity index (χ4v) is 2.13. The van der Waals surface area contributed by atoms with Gasteiger partial charge >= 0.3 is 5.97 Å². The Balaban J connectivity index is 1.72. The van der Waals surface area contributed by atoms with Gasteiger partial charge in [-0.15, -0.1) is 11.8 Å². The average molecular weight is 312 g/mol. The lowest BCUT2D eigenvalue weighted by atomic mass is 10.5. The minimum atomic E-state index is -0.956. The highest BCUT2D eigenvalue weighted by Crippen LogP contribution is 2.18. The summed E-state index contributed by atoms with van der Waals surface area (Å²) in [7, 11) is 0. The minimum absolute atomic E-state index is 0.0552. The lowest BCUT2D eigenvalue weighted by Crippen LogP contribution is -2.29. The van der Waals surface area contributed by atoms with Crippen molar-refractivity contribution >= 4 is 35.2 Å². The van der Waals surface area contributed by atoms with Gasteiger partial charge in [0.05, 0.1) is 23.4 Å². The molecule has 0 aromatic carbocycles. The van der Waals surface area contributed by atoms with Crippen LogP contribution in [-0.4, -0.2) is 50.2 Å². The van der Waals surface area contributed by atoms with E-state index in [0.29, 0.717) is 11.7 Å². The van der Waals surface area contributed by atoms with Gasteiger partial charge in [-0.2, -0.15) is 5.10 Å². The SMILES string of the molecule is O=C(O)CSCC(=O)Nc1cnn(CC(=O)NC2CC2)c1. The molecule has 9 heteroatoms. The number of rotatable bonds is 8. The Kier molecular flexibility index (Phi) is 5.20. The van der Waals surface area contributed by atoms with Crippen LogP contribution in [0.4, 0.5) is 5.69 Å². The lowest BCUT2D eigenvalue weighted by Gasteiger charge is -2.03. The van der Waals surface area contributed by atoms with Gasteiger partial charge in [-0.05, 0) is 12.8 Å². The van der Waals surface area contributed by atoms with Crippen LogP contribution in [0.1, 0.15) is 12.8 Å². The first-order valence-electron chi connectivity index (χ1n) is 6.44. The number of hydrogen-bond acceptors (Lipinski definition) is 5. The van der Waals surface area contributed by atoms with E-state index in [4.69, 9.17) is 5.11 Å². The number of carbonyl (C=O) groups is 3. The molecule has 2 amide bonds. The van der Waals surface area contributed by atoms with Crippen LogP contribution in [-0.2, 0) is 20.9 Å². The second kappa shape index (κ2) is 7.11. The first kappa shape index (κ1) is 15.4. The van der Waals surface area contributed by atoms with E-state index in [9.17, 15) is 14.4 Å². The zero-order valence-electron chi connectivity index (χ0n) is 11.2. The highest BCUT2D eigenvalue weighted by molar-refractivity contribution is 8.00. The highest BCUT2D eigenvalue weighted by Gasteiger charge is 2.23. The Morgan fingerprint density at radius 3 is 2.76 bits per heavy atom. The molecule has 1 aromatic heterocycles. The number of anilines is 1. The van der Waals surface area contributed by atoms with E-state index in [2.05, 4.69) is 15.7 Å². The number of carboxylic acids is 1. The number of carboxylic acid groups (broad SMARTS) is 1. The molecule has 1 heterocycles. The molecule has 0 aliphatic heterocycles. The number of hydrogen-bond donors (Lipinski definition) is 3. The number of carbonyl (C=O) groups excluding carboxylic acids is 2. The predicted octanol–water partition coefficient (Wildman–Crippen LogP) is -0.0820. The summed E-state index contributed by atoms with van der Waals surface area (Å²) in [6, 6.07) is 0.304. The number of thioether (sulfide) groups is 1. The molecule has 0 radical (unpaired) electrons. The van der Waals surface area contributed by atoms with Crippen LogP contribution >= 0.6 is 11.8 Å². The van der Waals surface area contributed by atoms with Gasteiger partial charge in [0.15, 0.2) is 0 Å². The fraction of sp³-hybridized carbons (Fsp3) is 0.500. The summed E-state index contributed by atoms with van der Waals surface area (Å²) < 4.78 is 1.44. The van der Waals surface area contributed by atoms with Gasteiger partial charge < -0.3 is 15.7 Å². The first-order chi connectivity index (χ1) is 10.0. The molecule has 1 fully saturated rings. The Morgan fingerprint density at radius 1 is 1.33 bits per heavy atom. The van der Waals surface area contributed by atoms with Crippen molar-refractivity contribution in [3.63, 3.8) is 0 Å². The van der Waals surface area contributed by atoms with E-state index in [-0.39, 0.29) is 29.9 Å². The van der Waals surface area contributed by atoms with Crippen molar-refractivity contribution in [3.8, 4) is 0 Å². The van der Waals surface area contributed by atoms with Crippen molar-refractivity contribution in [2.75, 3.05) is 16.8 Å². The Labute approximate surface area is 125 Å². The lowest BCUT2D eigenvalue weighted by molar-refractivity contribution is -0.134. The van der Waals surface area contributed by atoms with Crippen LogP contribution in [0.15, 0.2) is 12.4 Å². The minimum Gasteiger partial charge on any atom is -0.481 e. The number of nitrogens with one attached hydrogen (secondary N) is 2. The van der Waals surface area contributed by atoms with Crippen molar-refractivity contribution in [3.05, 3.63) is 12.4 Å². The molecule has 0 saturated heterocycles. The van der Waals surface area contributed by atoms with Crippen LogP contribution in [0.3, 0.4) is 0 Å². The molecule has 1 saturated carbocycles. The van der Waals surface area contributed by atoms with Gasteiger partial charge in [-0.3, -0.25) is 19.1 Å². The van der Waals surface area contributed by atoms with Crippen molar-refractivity contribution in [2.45, 2.75) is 25.4 Å².